The summed E-state index contributed by atoms with van der Waals surface area (Å²) in [5.74, 6) is 0.228. The summed E-state index contributed by atoms with van der Waals surface area (Å²) in [5, 5.41) is 2.34. The molecule has 0 spiro atoms. The van der Waals surface area contributed by atoms with Gasteiger partial charge in [-0.25, -0.2) is 0 Å². The van der Waals surface area contributed by atoms with E-state index in [1.165, 1.54) is 18.2 Å². The van der Waals surface area contributed by atoms with Crippen molar-refractivity contribution in [3.05, 3.63) is 53.6 Å². The number of hydrogen-bond donors (Lipinski definition) is 1. The molecule has 2 aliphatic heterocycles. The van der Waals surface area contributed by atoms with Crippen molar-refractivity contribution in [2.24, 2.45) is 0 Å². The minimum absolute atomic E-state index is 0.0636. The molecule has 0 aromatic heterocycles. The van der Waals surface area contributed by atoms with Crippen LogP contribution in [-0.4, -0.2) is 61.1 Å². The third kappa shape index (κ3) is 4.58. The molecule has 1 saturated heterocycles. The third-order valence-electron chi connectivity index (χ3n) is 5.16. The molecule has 2 aromatic rings. The number of ether oxygens (including phenoxy) is 2. The van der Waals surface area contributed by atoms with E-state index in [4.69, 9.17) is 9.47 Å². The molecular weight excluding hydrogens is 415 g/mol. The van der Waals surface area contributed by atoms with Crippen molar-refractivity contribution in [3.63, 3.8) is 0 Å². The van der Waals surface area contributed by atoms with Crippen molar-refractivity contribution in [2.75, 3.05) is 44.8 Å². The zero-order chi connectivity index (χ0) is 22.0. The number of hydrogen-bond acceptors (Lipinski definition) is 5. The summed E-state index contributed by atoms with van der Waals surface area (Å²) in [6.07, 6.45) is -4.55. The summed E-state index contributed by atoms with van der Waals surface area (Å²) in [5.41, 5.74) is -0.737. The van der Waals surface area contributed by atoms with Crippen molar-refractivity contribution >= 4 is 17.5 Å². The van der Waals surface area contributed by atoms with Gasteiger partial charge in [0.05, 0.1) is 23.4 Å². The number of nitrogens with one attached hydrogen (secondary N) is 1. The Morgan fingerprint density at radius 1 is 0.968 bits per heavy atom. The zero-order valence-corrected chi connectivity index (χ0v) is 16.4. The Hall–Kier alpha value is -3.27. The molecule has 2 aliphatic rings. The van der Waals surface area contributed by atoms with Crippen molar-refractivity contribution in [1.29, 1.82) is 0 Å². The first-order valence-corrected chi connectivity index (χ1v) is 9.69. The second-order valence-corrected chi connectivity index (χ2v) is 7.20. The predicted molar refractivity (Wildman–Crippen MR) is 105 cm³/mol. The number of anilines is 1. The lowest BCUT2D eigenvalue weighted by Gasteiger charge is -2.34. The molecule has 1 fully saturated rings. The maximum absolute atomic E-state index is 13.1. The maximum Gasteiger partial charge on any atom is 0.418 e. The van der Waals surface area contributed by atoms with E-state index < -0.39 is 17.6 Å². The summed E-state index contributed by atoms with van der Waals surface area (Å²) in [6.45, 7) is 1.62. The molecule has 2 heterocycles. The average molecular weight is 435 g/mol. The van der Waals surface area contributed by atoms with E-state index in [0.29, 0.717) is 43.2 Å². The van der Waals surface area contributed by atoms with Gasteiger partial charge in [-0.05, 0) is 24.3 Å². The second-order valence-electron chi connectivity index (χ2n) is 7.20. The Morgan fingerprint density at radius 2 is 1.71 bits per heavy atom. The SMILES string of the molecule is O=C(CN1CCN(C(=O)c2cccc3c2OCO3)CC1)Nc1ccccc1C(F)(F)F. The highest BCUT2D eigenvalue weighted by molar-refractivity contribution is 5.98. The van der Waals surface area contributed by atoms with E-state index in [1.54, 1.807) is 28.0 Å². The molecule has 0 aliphatic carbocycles. The van der Waals surface area contributed by atoms with Crippen LogP contribution in [0.2, 0.25) is 0 Å². The maximum atomic E-state index is 13.1. The standard InChI is InChI=1S/C21H20F3N3O4/c22-21(23,24)15-5-1-2-6-16(15)25-18(28)12-26-8-10-27(11-9-26)20(29)14-4-3-7-17-19(14)31-13-30-17/h1-7H,8-13H2,(H,25,28). The number of nitrogens with zero attached hydrogens (tertiary/aromatic N) is 2. The van der Waals surface area contributed by atoms with E-state index in [1.807, 2.05) is 0 Å². The van der Waals surface area contributed by atoms with Gasteiger partial charge in [-0.3, -0.25) is 14.5 Å². The second kappa shape index (κ2) is 8.46. The Morgan fingerprint density at radius 3 is 2.45 bits per heavy atom. The fourth-order valence-electron chi connectivity index (χ4n) is 3.61. The van der Waals surface area contributed by atoms with Gasteiger partial charge in [0.25, 0.3) is 5.91 Å². The minimum Gasteiger partial charge on any atom is -0.454 e. The van der Waals surface area contributed by atoms with Crippen LogP contribution in [0, 0.1) is 0 Å². The Balaban J connectivity index is 1.32. The van der Waals surface area contributed by atoms with Crippen LogP contribution in [0.4, 0.5) is 18.9 Å². The fourth-order valence-corrected chi connectivity index (χ4v) is 3.61. The summed E-state index contributed by atoms with van der Waals surface area (Å²) in [6, 6.07) is 9.98. The van der Waals surface area contributed by atoms with E-state index in [2.05, 4.69) is 5.32 Å². The summed E-state index contributed by atoms with van der Waals surface area (Å²) in [4.78, 5) is 28.6. The van der Waals surface area contributed by atoms with Crippen LogP contribution in [0.15, 0.2) is 42.5 Å². The van der Waals surface area contributed by atoms with Crippen molar-refractivity contribution in [1.82, 2.24) is 9.80 Å². The van der Waals surface area contributed by atoms with Crippen LogP contribution in [0.25, 0.3) is 0 Å². The van der Waals surface area contributed by atoms with E-state index in [-0.39, 0.29) is 24.9 Å². The molecule has 2 amide bonds. The van der Waals surface area contributed by atoms with Gasteiger partial charge in [0.2, 0.25) is 12.7 Å². The van der Waals surface area contributed by atoms with E-state index in [0.717, 1.165) is 6.07 Å². The van der Waals surface area contributed by atoms with Crippen molar-refractivity contribution < 1.29 is 32.2 Å². The van der Waals surface area contributed by atoms with Gasteiger partial charge in [-0.15, -0.1) is 0 Å². The first-order valence-electron chi connectivity index (χ1n) is 9.69. The van der Waals surface area contributed by atoms with Crippen molar-refractivity contribution in [3.8, 4) is 11.5 Å². The van der Waals surface area contributed by atoms with Crippen LogP contribution >= 0.6 is 0 Å². The van der Waals surface area contributed by atoms with Gasteiger partial charge < -0.3 is 19.7 Å². The number of fused-ring (bicyclic) bond motifs is 1. The Labute approximate surface area is 176 Å². The lowest BCUT2D eigenvalue weighted by Crippen LogP contribution is -2.50. The molecule has 164 valence electrons. The van der Waals surface area contributed by atoms with Gasteiger partial charge in [0, 0.05) is 26.2 Å². The molecule has 10 heteroatoms. The van der Waals surface area contributed by atoms with Crippen LogP contribution in [0.1, 0.15) is 15.9 Å². The summed E-state index contributed by atoms with van der Waals surface area (Å²) >= 11 is 0. The minimum atomic E-state index is -4.55. The summed E-state index contributed by atoms with van der Waals surface area (Å²) < 4.78 is 49.9. The highest BCUT2D eigenvalue weighted by Crippen LogP contribution is 2.36. The number of para-hydroxylation sites is 2. The Kier molecular flexibility index (Phi) is 5.73. The molecule has 7 nitrogen and oxygen atoms in total. The highest BCUT2D eigenvalue weighted by Gasteiger charge is 2.34. The number of carbonyl (C=O) groups excluding carboxylic acids is 2. The summed E-state index contributed by atoms with van der Waals surface area (Å²) in [7, 11) is 0. The van der Waals surface area contributed by atoms with Crippen molar-refractivity contribution in [2.45, 2.75) is 6.18 Å². The lowest BCUT2D eigenvalue weighted by atomic mass is 10.1. The number of benzene rings is 2. The largest absolute Gasteiger partial charge is 0.454 e. The normalized spacial score (nSPS) is 16.3. The van der Waals surface area contributed by atoms with Gasteiger partial charge >= 0.3 is 6.18 Å². The number of alkyl halides is 3. The van der Waals surface area contributed by atoms with Crippen LogP contribution in [-0.2, 0) is 11.0 Å². The number of carbonyl (C=O) groups is 2. The number of amides is 2. The fraction of sp³-hybridized carbons (Fsp3) is 0.333. The molecule has 0 bridgehead atoms. The Bertz CT molecular complexity index is 988. The molecule has 1 N–H and O–H groups in total. The van der Waals surface area contributed by atoms with Gasteiger partial charge in [-0.1, -0.05) is 18.2 Å². The molecule has 4 rings (SSSR count). The van der Waals surface area contributed by atoms with Crippen LogP contribution < -0.4 is 14.8 Å². The molecule has 0 saturated carbocycles. The highest BCUT2D eigenvalue weighted by atomic mass is 19.4. The van der Waals surface area contributed by atoms with Gasteiger partial charge in [0.15, 0.2) is 11.5 Å². The topological polar surface area (TPSA) is 71.1 Å². The van der Waals surface area contributed by atoms with Gasteiger partial charge in [0.1, 0.15) is 0 Å². The first-order chi connectivity index (χ1) is 14.8. The number of halogens is 3. The lowest BCUT2D eigenvalue weighted by molar-refractivity contribution is -0.137. The van der Waals surface area contributed by atoms with E-state index in [9.17, 15) is 22.8 Å². The molecule has 0 radical (unpaired) electrons. The monoisotopic (exact) mass is 435 g/mol. The average Bonchev–Trinajstić information content (AvgIpc) is 3.22. The van der Waals surface area contributed by atoms with Crippen LogP contribution in [0.3, 0.4) is 0 Å². The molecule has 31 heavy (non-hydrogen) atoms. The van der Waals surface area contributed by atoms with E-state index >= 15 is 0 Å². The number of piperazine rings is 1. The molecular formula is C21H20F3N3O4. The predicted octanol–water partition coefficient (Wildman–Crippen LogP) is 2.83. The van der Waals surface area contributed by atoms with Gasteiger partial charge in [-0.2, -0.15) is 13.2 Å². The molecule has 2 aromatic carbocycles. The quantitative estimate of drug-likeness (QED) is 0.800. The number of rotatable bonds is 4. The third-order valence-corrected chi connectivity index (χ3v) is 5.16. The zero-order valence-electron chi connectivity index (χ0n) is 16.4. The molecule has 0 atom stereocenters. The smallest absolute Gasteiger partial charge is 0.418 e. The molecule has 0 unspecified atom stereocenters. The van der Waals surface area contributed by atoms with Crippen LogP contribution in [0.5, 0.6) is 11.5 Å². The first kappa shape index (κ1) is 21.0.